The van der Waals surface area contributed by atoms with E-state index in [1.54, 1.807) is 0 Å². The van der Waals surface area contributed by atoms with E-state index in [-0.39, 0.29) is 24.0 Å². The number of aliphatic imine (C=N–C) groups is 1. The van der Waals surface area contributed by atoms with Crippen molar-refractivity contribution in [3.8, 4) is 5.75 Å². The Labute approximate surface area is 202 Å². The van der Waals surface area contributed by atoms with Crippen LogP contribution in [-0.4, -0.2) is 68.2 Å². The number of nitrogens with one attached hydrogen (secondary N) is 1. The summed E-state index contributed by atoms with van der Waals surface area (Å²) < 4.78 is 11.5. The van der Waals surface area contributed by atoms with Gasteiger partial charge >= 0.3 is 0 Å². The molecule has 0 spiro atoms. The molecule has 0 aliphatic carbocycles. The molecule has 0 bridgehead atoms. The predicted molar refractivity (Wildman–Crippen MR) is 135 cm³/mol. The van der Waals surface area contributed by atoms with E-state index in [9.17, 15) is 0 Å². The molecule has 1 unspecified atom stereocenters. The molecular formula is C24H33IN4O2. The van der Waals surface area contributed by atoms with Gasteiger partial charge in [0.05, 0.1) is 13.2 Å². The van der Waals surface area contributed by atoms with E-state index in [0.29, 0.717) is 12.6 Å². The Hall–Kier alpha value is -1.84. The Kier molecular flexibility index (Phi) is 9.42. The smallest absolute Gasteiger partial charge is 0.193 e. The zero-order valence-electron chi connectivity index (χ0n) is 18.2. The van der Waals surface area contributed by atoms with E-state index >= 15 is 0 Å². The zero-order chi connectivity index (χ0) is 20.6. The fourth-order valence-corrected chi connectivity index (χ4v) is 4.17. The van der Waals surface area contributed by atoms with Crippen LogP contribution < -0.4 is 10.1 Å². The summed E-state index contributed by atoms with van der Waals surface area (Å²) >= 11 is 0. The minimum atomic E-state index is 0. The molecule has 0 radical (unpaired) electrons. The number of guanidine groups is 1. The molecule has 2 aliphatic rings. The summed E-state index contributed by atoms with van der Waals surface area (Å²) in [5.41, 5.74) is 2.36. The van der Waals surface area contributed by atoms with Gasteiger partial charge in [-0.3, -0.25) is 9.89 Å². The molecule has 2 aromatic carbocycles. The van der Waals surface area contributed by atoms with Crippen LogP contribution in [0, 0.1) is 0 Å². The van der Waals surface area contributed by atoms with Crippen LogP contribution in [0.5, 0.6) is 5.75 Å². The van der Waals surface area contributed by atoms with E-state index in [2.05, 4.69) is 44.4 Å². The van der Waals surface area contributed by atoms with Gasteiger partial charge in [0, 0.05) is 45.8 Å². The molecule has 168 valence electrons. The molecule has 0 aromatic heterocycles. The number of halogens is 1. The van der Waals surface area contributed by atoms with Crippen molar-refractivity contribution in [3.63, 3.8) is 0 Å². The third kappa shape index (κ3) is 6.82. The van der Waals surface area contributed by atoms with Gasteiger partial charge in [0.15, 0.2) is 5.96 Å². The third-order valence-corrected chi connectivity index (χ3v) is 5.83. The maximum absolute atomic E-state index is 5.96. The maximum atomic E-state index is 5.96. The molecule has 7 heteroatoms. The van der Waals surface area contributed by atoms with Crippen molar-refractivity contribution in [2.75, 3.05) is 46.4 Å². The van der Waals surface area contributed by atoms with Crippen LogP contribution in [0.25, 0.3) is 0 Å². The van der Waals surface area contributed by atoms with Crippen LogP contribution in [-0.2, 0) is 17.9 Å². The molecule has 0 saturated carbocycles. The lowest BCUT2D eigenvalue weighted by atomic mass is 10.2. The second-order valence-electron chi connectivity index (χ2n) is 7.86. The Morgan fingerprint density at radius 2 is 1.84 bits per heavy atom. The van der Waals surface area contributed by atoms with Crippen LogP contribution in [0.3, 0.4) is 0 Å². The number of benzene rings is 2. The minimum Gasteiger partial charge on any atom is -0.489 e. The second kappa shape index (κ2) is 12.3. The summed E-state index contributed by atoms with van der Waals surface area (Å²) in [6, 6.07) is 19.1. The van der Waals surface area contributed by atoms with Gasteiger partial charge in [-0.05, 0) is 29.7 Å². The van der Waals surface area contributed by atoms with Crippen molar-refractivity contribution in [2.45, 2.75) is 25.6 Å². The van der Waals surface area contributed by atoms with E-state index in [1.807, 2.05) is 37.4 Å². The number of rotatable bonds is 6. The monoisotopic (exact) mass is 536 g/mol. The molecule has 2 aliphatic heterocycles. The first kappa shape index (κ1) is 23.8. The first-order valence-electron chi connectivity index (χ1n) is 10.8. The van der Waals surface area contributed by atoms with Gasteiger partial charge in [0.25, 0.3) is 0 Å². The van der Waals surface area contributed by atoms with Gasteiger partial charge in [-0.15, -0.1) is 24.0 Å². The molecule has 2 fully saturated rings. The topological polar surface area (TPSA) is 49.3 Å². The fourth-order valence-electron chi connectivity index (χ4n) is 4.17. The quantitative estimate of drug-likeness (QED) is 0.349. The van der Waals surface area contributed by atoms with Crippen LogP contribution in [0.4, 0.5) is 0 Å². The van der Waals surface area contributed by atoms with Gasteiger partial charge in [-0.1, -0.05) is 42.5 Å². The van der Waals surface area contributed by atoms with Gasteiger partial charge in [0.1, 0.15) is 12.4 Å². The fraction of sp³-hybridized carbons (Fsp3) is 0.458. The molecule has 1 atom stereocenters. The third-order valence-electron chi connectivity index (χ3n) is 5.83. The average Bonchev–Trinajstić information content (AvgIpc) is 3.30. The van der Waals surface area contributed by atoms with E-state index in [1.165, 1.54) is 17.5 Å². The number of hydrogen-bond acceptors (Lipinski definition) is 4. The van der Waals surface area contributed by atoms with Gasteiger partial charge in [-0.25, -0.2) is 0 Å². The number of hydrogen-bond donors (Lipinski definition) is 1. The molecule has 2 heterocycles. The zero-order valence-corrected chi connectivity index (χ0v) is 20.5. The summed E-state index contributed by atoms with van der Waals surface area (Å²) in [6.45, 7) is 7.17. The SMILES string of the molecule is CN=C(NCc1cccc(OCc2ccccc2)c1)N1CCC(N2CCOCC2)C1.I. The van der Waals surface area contributed by atoms with Crippen molar-refractivity contribution in [1.82, 2.24) is 15.1 Å². The summed E-state index contributed by atoms with van der Waals surface area (Å²) in [7, 11) is 1.86. The summed E-state index contributed by atoms with van der Waals surface area (Å²) in [5.74, 6) is 1.86. The molecule has 4 rings (SSSR count). The highest BCUT2D eigenvalue weighted by Gasteiger charge is 2.30. The highest BCUT2D eigenvalue weighted by atomic mass is 127. The van der Waals surface area contributed by atoms with Crippen molar-refractivity contribution in [1.29, 1.82) is 0 Å². The van der Waals surface area contributed by atoms with E-state index < -0.39 is 0 Å². The predicted octanol–water partition coefficient (Wildman–Crippen LogP) is 3.37. The highest BCUT2D eigenvalue weighted by molar-refractivity contribution is 14.0. The van der Waals surface area contributed by atoms with Gasteiger partial charge in [0.2, 0.25) is 0 Å². The van der Waals surface area contributed by atoms with Crippen LogP contribution >= 0.6 is 24.0 Å². The Morgan fingerprint density at radius 1 is 1.06 bits per heavy atom. The summed E-state index contributed by atoms with van der Waals surface area (Å²) in [6.07, 6.45) is 1.18. The minimum absolute atomic E-state index is 0. The first-order valence-corrected chi connectivity index (χ1v) is 10.8. The van der Waals surface area contributed by atoms with Crippen molar-refractivity contribution in [2.24, 2.45) is 4.99 Å². The molecule has 2 aromatic rings. The first-order chi connectivity index (χ1) is 14.8. The molecule has 0 amide bonds. The number of nitrogens with zero attached hydrogens (tertiary/aromatic N) is 3. The van der Waals surface area contributed by atoms with Crippen LogP contribution in [0.2, 0.25) is 0 Å². The number of ether oxygens (including phenoxy) is 2. The van der Waals surface area contributed by atoms with Crippen LogP contribution in [0.1, 0.15) is 17.5 Å². The van der Waals surface area contributed by atoms with Crippen molar-refractivity contribution < 1.29 is 9.47 Å². The molecule has 2 saturated heterocycles. The molecular weight excluding hydrogens is 503 g/mol. The highest BCUT2D eigenvalue weighted by Crippen LogP contribution is 2.18. The van der Waals surface area contributed by atoms with Crippen molar-refractivity contribution >= 4 is 29.9 Å². The Morgan fingerprint density at radius 3 is 2.61 bits per heavy atom. The molecule has 1 N–H and O–H groups in total. The maximum Gasteiger partial charge on any atom is 0.193 e. The molecule has 6 nitrogen and oxygen atoms in total. The van der Waals surface area contributed by atoms with E-state index in [4.69, 9.17) is 9.47 Å². The lowest BCUT2D eigenvalue weighted by Gasteiger charge is -2.32. The summed E-state index contributed by atoms with van der Waals surface area (Å²) in [5, 5.41) is 3.53. The standard InChI is InChI=1S/C24H32N4O2.HI/c1-25-24(28-11-10-22(18-28)27-12-14-29-15-13-27)26-17-21-8-5-9-23(16-21)30-19-20-6-3-2-4-7-20;/h2-9,16,22H,10-15,17-19H2,1H3,(H,25,26);1H. The van der Waals surface area contributed by atoms with Gasteiger partial charge < -0.3 is 19.7 Å². The largest absolute Gasteiger partial charge is 0.489 e. The van der Waals surface area contributed by atoms with Gasteiger partial charge in [-0.2, -0.15) is 0 Å². The normalized spacial score (nSPS) is 19.7. The Balaban J connectivity index is 0.00000272. The Bertz CT molecular complexity index is 827. The lowest BCUT2D eigenvalue weighted by molar-refractivity contribution is 0.0195. The summed E-state index contributed by atoms with van der Waals surface area (Å²) in [4.78, 5) is 9.45. The molecule has 31 heavy (non-hydrogen) atoms. The van der Waals surface area contributed by atoms with E-state index in [0.717, 1.165) is 57.6 Å². The number of likely N-dealkylation sites (tertiary alicyclic amines) is 1. The van der Waals surface area contributed by atoms with Crippen LogP contribution in [0.15, 0.2) is 59.6 Å². The van der Waals surface area contributed by atoms with Crippen molar-refractivity contribution in [3.05, 3.63) is 65.7 Å². The number of morpholine rings is 1. The average molecular weight is 536 g/mol. The second-order valence-corrected chi connectivity index (χ2v) is 7.86. The lowest BCUT2D eigenvalue weighted by Crippen LogP contribution is -2.46.